The normalized spacial score (nSPS) is 17.4. The molecule has 5 aromatic rings. The minimum atomic E-state index is -0.430. The Kier molecular flexibility index (Phi) is 6.43. The molecule has 0 spiro atoms. The molecule has 0 radical (unpaired) electrons. The van der Waals surface area contributed by atoms with E-state index in [1.54, 1.807) is 0 Å². The molecule has 3 nitrogen and oxygen atoms in total. The van der Waals surface area contributed by atoms with Gasteiger partial charge in [-0.05, 0) is 103 Å². The number of hydrogen-bond acceptors (Lipinski definition) is 3. The molecule has 0 aromatic heterocycles. The minimum Gasteiger partial charge on any atom is -0.399 e. The van der Waals surface area contributed by atoms with E-state index in [1.807, 2.05) is 0 Å². The van der Waals surface area contributed by atoms with Gasteiger partial charge in [-0.25, -0.2) is 0 Å². The number of fused-ring (bicyclic) bond motifs is 3. The molecule has 2 aliphatic rings. The molecule has 4 heteroatoms. The maximum Gasteiger partial charge on any atom is 0.494 e. The van der Waals surface area contributed by atoms with Crippen LogP contribution in [0.3, 0.4) is 0 Å². The lowest BCUT2D eigenvalue weighted by atomic mass is 9.79. The molecule has 0 N–H and O–H groups in total. The number of anilines is 3. The van der Waals surface area contributed by atoms with Crippen molar-refractivity contribution in [1.82, 2.24) is 0 Å². The largest absolute Gasteiger partial charge is 0.494 e. The molecule has 1 heterocycles. The summed E-state index contributed by atoms with van der Waals surface area (Å²) in [5.41, 5.74) is 11.2. The third kappa shape index (κ3) is 4.61. The van der Waals surface area contributed by atoms with Gasteiger partial charge in [0.15, 0.2) is 0 Å². The molecule has 1 saturated heterocycles. The average Bonchev–Trinajstić information content (AvgIpc) is 3.38. The van der Waals surface area contributed by atoms with E-state index in [2.05, 4.69) is 168 Å². The maximum atomic E-state index is 6.44. The van der Waals surface area contributed by atoms with Gasteiger partial charge in [0.05, 0.1) is 11.2 Å². The molecular formula is C39H38BNO2. The summed E-state index contributed by atoms with van der Waals surface area (Å²) in [7, 11) is -0.430. The van der Waals surface area contributed by atoms with Crippen LogP contribution in [0.1, 0.15) is 52.7 Å². The van der Waals surface area contributed by atoms with Crippen molar-refractivity contribution >= 4 is 29.6 Å². The summed E-state index contributed by atoms with van der Waals surface area (Å²) in [4.78, 5) is 2.35. The highest BCUT2D eigenvalue weighted by molar-refractivity contribution is 6.62. The number of nitrogens with zero attached hydrogens (tertiary/aromatic N) is 1. The average molecular weight is 564 g/mol. The van der Waals surface area contributed by atoms with Crippen LogP contribution in [0.2, 0.25) is 0 Å². The monoisotopic (exact) mass is 563 g/mol. The van der Waals surface area contributed by atoms with Crippen LogP contribution in [0, 0.1) is 0 Å². The summed E-state index contributed by atoms with van der Waals surface area (Å²) >= 11 is 0. The fourth-order valence-corrected chi connectivity index (χ4v) is 6.50. The second kappa shape index (κ2) is 9.97. The van der Waals surface area contributed by atoms with E-state index in [4.69, 9.17) is 9.31 Å². The van der Waals surface area contributed by atoms with Crippen molar-refractivity contribution in [2.75, 3.05) is 4.90 Å². The van der Waals surface area contributed by atoms with Gasteiger partial charge in [0, 0.05) is 22.5 Å². The summed E-state index contributed by atoms with van der Waals surface area (Å²) in [6.07, 6.45) is 0. The zero-order valence-corrected chi connectivity index (χ0v) is 25.9. The van der Waals surface area contributed by atoms with Crippen LogP contribution in [0.15, 0.2) is 121 Å². The Hall–Kier alpha value is -4.12. The van der Waals surface area contributed by atoms with E-state index in [1.165, 1.54) is 33.4 Å². The molecule has 1 aliphatic heterocycles. The van der Waals surface area contributed by atoms with Crippen molar-refractivity contribution in [3.05, 3.63) is 132 Å². The standard InChI is InChI=1S/C39H38BNO2/c1-37(2)35-18-11-10-17-33(35)34-24-23-32(26-36(34)37)41(30-21-19-28(20-22-30)27-13-8-7-9-14-27)31-16-12-15-29(25-31)40-42-38(3,4)39(5,6)43-40/h7-26H,1-6H3. The van der Waals surface area contributed by atoms with Crippen LogP contribution in [-0.4, -0.2) is 18.3 Å². The Morgan fingerprint density at radius 3 is 1.79 bits per heavy atom. The maximum absolute atomic E-state index is 6.44. The molecule has 0 saturated carbocycles. The molecule has 1 fully saturated rings. The second-order valence-corrected chi connectivity index (χ2v) is 13.3. The van der Waals surface area contributed by atoms with Crippen LogP contribution in [0.25, 0.3) is 22.3 Å². The fraction of sp³-hybridized carbons (Fsp3) is 0.231. The lowest BCUT2D eigenvalue weighted by Crippen LogP contribution is -2.41. The Morgan fingerprint density at radius 1 is 0.488 bits per heavy atom. The predicted molar refractivity (Wildman–Crippen MR) is 180 cm³/mol. The highest BCUT2D eigenvalue weighted by Gasteiger charge is 2.51. The van der Waals surface area contributed by atoms with Gasteiger partial charge >= 0.3 is 7.12 Å². The van der Waals surface area contributed by atoms with Crippen LogP contribution in [0.4, 0.5) is 17.1 Å². The first kappa shape index (κ1) is 27.7. The van der Waals surface area contributed by atoms with Gasteiger partial charge in [-0.3, -0.25) is 0 Å². The van der Waals surface area contributed by atoms with E-state index in [-0.39, 0.29) is 5.41 Å². The molecule has 43 heavy (non-hydrogen) atoms. The molecule has 0 unspecified atom stereocenters. The van der Waals surface area contributed by atoms with E-state index in [0.717, 1.165) is 22.5 Å². The molecule has 0 bridgehead atoms. The van der Waals surface area contributed by atoms with E-state index >= 15 is 0 Å². The summed E-state index contributed by atoms with van der Waals surface area (Å²) in [5, 5.41) is 0. The predicted octanol–water partition coefficient (Wildman–Crippen LogP) is 9.43. The van der Waals surface area contributed by atoms with Gasteiger partial charge in [0.2, 0.25) is 0 Å². The zero-order valence-electron chi connectivity index (χ0n) is 25.9. The quantitative estimate of drug-likeness (QED) is 0.199. The first-order valence-corrected chi connectivity index (χ1v) is 15.2. The van der Waals surface area contributed by atoms with Gasteiger partial charge < -0.3 is 14.2 Å². The Balaban J connectivity index is 1.34. The van der Waals surface area contributed by atoms with E-state index in [9.17, 15) is 0 Å². The Bertz CT molecular complexity index is 1790. The SMILES string of the molecule is CC1(C)c2ccccc2-c2ccc(N(c3ccc(-c4ccccc4)cc3)c3cccc(B4OC(C)(C)C(C)(C)O4)c3)cc21. The highest BCUT2D eigenvalue weighted by Crippen LogP contribution is 2.50. The van der Waals surface area contributed by atoms with Crippen molar-refractivity contribution < 1.29 is 9.31 Å². The number of rotatable bonds is 5. The van der Waals surface area contributed by atoms with Gasteiger partial charge in [-0.2, -0.15) is 0 Å². The van der Waals surface area contributed by atoms with E-state index < -0.39 is 18.3 Å². The highest BCUT2D eigenvalue weighted by atomic mass is 16.7. The van der Waals surface area contributed by atoms with Gasteiger partial charge in [-0.15, -0.1) is 0 Å². The van der Waals surface area contributed by atoms with Crippen LogP contribution in [-0.2, 0) is 14.7 Å². The van der Waals surface area contributed by atoms with Crippen molar-refractivity contribution in [3.8, 4) is 22.3 Å². The molecule has 5 aromatic carbocycles. The third-order valence-electron chi connectivity index (χ3n) is 9.71. The lowest BCUT2D eigenvalue weighted by molar-refractivity contribution is 0.00578. The van der Waals surface area contributed by atoms with Gasteiger partial charge in [-0.1, -0.05) is 98.8 Å². The first-order valence-electron chi connectivity index (χ1n) is 15.2. The second-order valence-electron chi connectivity index (χ2n) is 13.3. The van der Waals surface area contributed by atoms with Crippen molar-refractivity contribution in [3.63, 3.8) is 0 Å². The first-order chi connectivity index (χ1) is 20.5. The van der Waals surface area contributed by atoms with Gasteiger partial charge in [0.25, 0.3) is 0 Å². The Morgan fingerprint density at radius 2 is 1.07 bits per heavy atom. The summed E-state index contributed by atoms with van der Waals surface area (Å²) in [6, 6.07) is 43.7. The topological polar surface area (TPSA) is 21.7 Å². The van der Waals surface area contributed by atoms with Crippen molar-refractivity contribution in [2.24, 2.45) is 0 Å². The van der Waals surface area contributed by atoms with Crippen LogP contribution in [0.5, 0.6) is 0 Å². The number of hydrogen-bond donors (Lipinski definition) is 0. The van der Waals surface area contributed by atoms with Gasteiger partial charge in [0.1, 0.15) is 0 Å². The summed E-state index contributed by atoms with van der Waals surface area (Å²) < 4.78 is 12.9. The fourth-order valence-electron chi connectivity index (χ4n) is 6.50. The van der Waals surface area contributed by atoms with E-state index in [0.29, 0.717) is 0 Å². The molecule has 0 atom stereocenters. The van der Waals surface area contributed by atoms with Crippen molar-refractivity contribution in [1.29, 1.82) is 0 Å². The van der Waals surface area contributed by atoms with Crippen LogP contribution >= 0.6 is 0 Å². The number of benzene rings is 5. The zero-order chi connectivity index (χ0) is 30.0. The minimum absolute atomic E-state index is 0.0880. The molecule has 1 aliphatic carbocycles. The summed E-state index contributed by atoms with van der Waals surface area (Å²) in [6.45, 7) is 13.1. The molecule has 0 amide bonds. The smallest absolute Gasteiger partial charge is 0.399 e. The van der Waals surface area contributed by atoms with Crippen LogP contribution < -0.4 is 10.4 Å². The lowest BCUT2D eigenvalue weighted by Gasteiger charge is -2.32. The summed E-state index contributed by atoms with van der Waals surface area (Å²) in [5.74, 6) is 0. The molecule has 7 rings (SSSR count). The molecular weight excluding hydrogens is 525 g/mol. The molecule has 214 valence electrons. The Labute approximate surface area is 256 Å². The third-order valence-corrected chi connectivity index (χ3v) is 9.71. The van der Waals surface area contributed by atoms with Crippen molar-refractivity contribution in [2.45, 2.75) is 58.2 Å².